The van der Waals surface area contributed by atoms with Crippen LogP contribution < -0.4 is 10.1 Å². The standard InChI is InChI=1S/C13H17N3O2/c1-15-13(17)9-16(2)8-11-6-10(7-14)4-5-12(11)18-3/h4-6H,8-9H2,1-3H3,(H,15,17). The van der Waals surface area contributed by atoms with E-state index in [4.69, 9.17) is 10.00 Å². The lowest BCUT2D eigenvalue weighted by Gasteiger charge is -2.17. The van der Waals surface area contributed by atoms with Crippen molar-refractivity contribution in [2.24, 2.45) is 0 Å². The van der Waals surface area contributed by atoms with E-state index in [1.54, 1.807) is 32.4 Å². The maximum atomic E-state index is 11.3. The third kappa shape index (κ3) is 3.75. The minimum atomic E-state index is -0.0482. The van der Waals surface area contributed by atoms with Gasteiger partial charge in [-0.2, -0.15) is 5.26 Å². The highest BCUT2D eigenvalue weighted by Gasteiger charge is 2.10. The van der Waals surface area contributed by atoms with Gasteiger partial charge in [0.1, 0.15) is 5.75 Å². The van der Waals surface area contributed by atoms with Gasteiger partial charge in [-0.05, 0) is 25.2 Å². The predicted octanol–water partition coefficient (Wildman–Crippen LogP) is 0.745. The minimum Gasteiger partial charge on any atom is -0.496 e. The molecular formula is C13H17N3O2. The Balaban J connectivity index is 2.82. The molecule has 0 aliphatic heterocycles. The summed E-state index contributed by atoms with van der Waals surface area (Å²) >= 11 is 0. The second-order valence-corrected chi connectivity index (χ2v) is 3.98. The molecule has 0 atom stereocenters. The Morgan fingerprint density at radius 1 is 1.56 bits per heavy atom. The number of rotatable bonds is 5. The van der Waals surface area contributed by atoms with Crippen LogP contribution in [-0.2, 0) is 11.3 Å². The van der Waals surface area contributed by atoms with E-state index < -0.39 is 0 Å². The van der Waals surface area contributed by atoms with Crippen molar-refractivity contribution in [2.45, 2.75) is 6.54 Å². The van der Waals surface area contributed by atoms with Crippen molar-refractivity contribution in [1.29, 1.82) is 5.26 Å². The summed E-state index contributed by atoms with van der Waals surface area (Å²) < 4.78 is 5.24. The van der Waals surface area contributed by atoms with Crippen LogP contribution in [-0.4, -0.2) is 38.6 Å². The normalized spacial score (nSPS) is 9.94. The van der Waals surface area contributed by atoms with Gasteiger partial charge in [-0.15, -0.1) is 0 Å². The molecule has 1 amide bonds. The van der Waals surface area contributed by atoms with Crippen LogP contribution >= 0.6 is 0 Å². The molecule has 0 unspecified atom stereocenters. The summed E-state index contributed by atoms with van der Waals surface area (Å²) in [7, 11) is 5.03. The average Bonchev–Trinajstić information content (AvgIpc) is 2.38. The summed E-state index contributed by atoms with van der Waals surface area (Å²) in [6.45, 7) is 0.850. The van der Waals surface area contributed by atoms with Crippen LogP contribution in [0.5, 0.6) is 5.75 Å². The van der Waals surface area contributed by atoms with Crippen molar-refractivity contribution in [3.63, 3.8) is 0 Å². The molecule has 0 aromatic heterocycles. The summed E-state index contributed by atoms with van der Waals surface area (Å²) in [6.07, 6.45) is 0. The zero-order valence-electron chi connectivity index (χ0n) is 10.9. The van der Waals surface area contributed by atoms with E-state index in [-0.39, 0.29) is 5.91 Å². The molecule has 0 heterocycles. The summed E-state index contributed by atoms with van der Waals surface area (Å²) in [6, 6.07) is 7.34. The van der Waals surface area contributed by atoms with Gasteiger partial charge in [0.05, 0.1) is 25.3 Å². The van der Waals surface area contributed by atoms with Gasteiger partial charge in [0.2, 0.25) is 5.91 Å². The van der Waals surface area contributed by atoms with Crippen LogP contribution in [0, 0.1) is 11.3 Å². The minimum absolute atomic E-state index is 0.0482. The Hall–Kier alpha value is -2.06. The van der Waals surface area contributed by atoms with Gasteiger partial charge in [-0.25, -0.2) is 0 Å². The highest BCUT2D eigenvalue weighted by molar-refractivity contribution is 5.77. The zero-order valence-corrected chi connectivity index (χ0v) is 10.9. The second kappa shape index (κ2) is 6.62. The van der Waals surface area contributed by atoms with Crippen LogP contribution in [0.4, 0.5) is 0 Å². The molecule has 0 saturated heterocycles. The first-order valence-electron chi connectivity index (χ1n) is 5.56. The van der Waals surface area contributed by atoms with Gasteiger partial charge in [0.25, 0.3) is 0 Å². The van der Waals surface area contributed by atoms with Crippen molar-refractivity contribution in [3.8, 4) is 11.8 Å². The fourth-order valence-corrected chi connectivity index (χ4v) is 1.64. The van der Waals surface area contributed by atoms with Gasteiger partial charge in [0.15, 0.2) is 0 Å². The van der Waals surface area contributed by atoms with Crippen LogP contribution in [0.2, 0.25) is 0 Å². The van der Waals surface area contributed by atoms with Gasteiger partial charge in [0, 0.05) is 19.2 Å². The van der Waals surface area contributed by atoms with Gasteiger partial charge in [-0.1, -0.05) is 0 Å². The Labute approximate surface area is 107 Å². The van der Waals surface area contributed by atoms with E-state index in [0.717, 1.165) is 11.3 Å². The summed E-state index contributed by atoms with van der Waals surface area (Å²) in [5.74, 6) is 0.672. The summed E-state index contributed by atoms with van der Waals surface area (Å²) in [4.78, 5) is 13.1. The number of carbonyl (C=O) groups is 1. The summed E-state index contributed by atoms with van der Waals surface area (Å²) in [5.41, 5.74) is 1.47. The highest BCUT2D eigenvalue weighted by Crippen LogP contribution is 2.20. The third-order valence-electron chi connectivity index (χ3n) is 2.54. The Morgan fingerprint density at radius 3 is 2.83 bits per heavy atom. The average molecular weight is 247 g/mol. The Kier molecular flexibility index (Phi) is 5.15. The van der Waals surface area contributed by atoms with E-state index in [1.165, 1.54) is 0 Å². The Bertz CT molecular complexity index is 466. The van der Waals surface area contributed by atoms with Crippen LogP contribution in [0.15, 0.2) is 18.2 Å². The van der Waals surface area contributed by atoms with E-state index in [0.29, 0.717) is 18.7 Å². The number of likely N-dealkylation sites (N-methyl/N-ethyl adjacent to an activating group) is 2. The number of nitriles is 1. The van der Waals surface area contributed by atoms with Crippen molar-refractivity contribution >= 4 is 5.91 Å². The molecule has 0 fully saturated rings. The van der Waals surface area contributed by atoms with E-state index in [9.17, 15) is 4.79 Å². The molecule has 18 heavy (non-hydrogen) atoms. The SMILES string of the molecule is CNC(=O)CN(C)Cc1cc(C#N)ccc1OC. The molecular weight excluding hydrogens is 230 g/mol. The number of amides is 1. The first kappa shape index (κ1) is 14.0. The van der Waals surface area contributed by atoms with E-state index in [2.05, 4.69) is 11.4 Å². The summed E-state index contributed by atoms with van der Waals surface area (Å²) in [5, 5.41) is 11.4. The first-order chi connectivity index (χ1) is 8.60. The van der Waals surface area contributed by atoms with Crippen molar-refractivity contribution in [1.82, 2.24) is 10.2 Å². The van der Waals surface area contributed by atoms with Gasteiger partial charge >= 0.3 is 0 Å². The largest absolute Gasteiger partial charge is 0.496 e. The molecule has 0 radical (unpaired) electrons. The fraction of sp³-hybridized carbons (Fsp3) is 0.385. The van der Waals surface area contributed by atoms with Crippen molar-refractivity contribution in [3.05, 3.63) is 29.3 Å². The zero-order chi connectivity index (χ0) is 13.5. The number of carbonyl (C=O) groups excluding carboxylic acids is 1. The smallest absolute Gasteiger partial charge is 0.233 e. The molecule has 0 aliphatic carbocycles. The number of ether oxygens (including phenoxy) is 1. The lowest BCUT2D eigenvalue weighted by Crippen LogP contribution is -2.32. The number of hydrogen-bond donors (Lipinski definition) is 1. The van der Waals surface area contributed by atoms with Gasteiger partial charge < -0.3 is 10.1 Å². The predicted molar refractivity (Wildman–Crippen MR) is 68.1 cm³/mol. The highest BCUT2D eigenvalue weighted by atomic mass is 16.5. The maximum Gasteiger partial charge on any atom is 0.233 e. The second-order valence-electron chi connectivity index (χ2n) is 3.98. The maximum absolute atomic E-state index is 11.3. The number of nitrogens with zero attached hydrogens (tertiary/aromatic N) is 2. The molecule has 0 spiro atoms. The Morgan fingerprint density at radius 2 is 2.28 bits per heavy atom. The first-order valence-corrected chi connectivity index (χ1v) is 5.56. The number of methoxy groups -OCH3 is 1. The molecule has 0 aliphatic rings. The monoisotopic (exact) mass is 247 g/mol. The molecule has 5 nitrogen and oxygen atoms in total. The van der Waals surface area contributed by atoms with Crippen LogP contribution in [0.3, 0.4) is 0 Å². The molecule has 1 aromatic carbocycles. The molecule has 1 rings (SSSR count). The topological polar surface area (TPSA) is 65.4 Å². The molecule has 1 N–H and O–H groups in total. The van der Waals surface area contributed by atoms with Gasteiger partial charge in [-0.3, -0.25) is 9.69 Å². The van der Waals surface area contributed by atoms with Crippen molar-refractivity contribution in [2.75, 3.05) is 27.7 Å². The molecule has 5 heteroatoms. The van der Waals surface area contributed by atoms with Crippen molar-refractivity contribution < 1.29 is 9.53 Å². The number of nitrogens with one attached hydrogen (secondary N) is 1. The quantitative estimate of drug-likeness (QED) is 0.833. The fourth-order valence-electron chi connectivity index (χ4n) is 1.64. The molecule has 0 saturated carbocycles. The lowest BCUT2D eigenvalue weighted by atomic mass is 10.1. The van der Waals surface area contributed by atoms with E-state index >= 15 is 0 Å². The third-order valence-corrected chi connectivity index (χ3v) is 2.54. The molecule has 96 valence electrons. The molecule has 1 aromatic rings. The van der Waals surface area contributed by atoms with Crippen LogP contribution in [0.1, 0.15) is 11.1 Å². The number of hydrogen-bond acceptors (Lipinski definition) is 4. The van der Waals surface area contributed by atoms with Crippen LogP contribution in [0.25, 0.3) is 0 Å². The molecule has 0 bridgehead atoms. The number of benzene rings is 1. The van der Waals surface area contributed by atoms with E-state index in [1.807, 2.05) is 11.9 Å². The lowest BCUT2D eigenvalue weighted by molar-refractivity contribution is -0.121.